The van der Waals surface area contributed by atoms with Gasteiger partial charge >= 0.3 is 0 Å². The van der Waals surface area contributed by atoms with Gasteiger partial charge in [0.25, 0.3) is 0 Å². The van der Waals surface area contributed by atoms with E-state index in [-0.39, 0.29) is 6.10 Å². The maximum absolute atomic E-state index is 5.96. The SMILES string of the molecule is C=C(C)CSc1nnc(C2COc3ccccc3O2)n1C. The van der Waals surface area contributed by atoms with Crippen LogP contribution in [0.25, 0.3) is 0 Å². The van der Waals surface area contributed by atoms with Crippen molar-refractivity contribution in [2.24, 2.45) is 7.05 Å². The molecule has 110 valence electrons. The molecule has 6 heteroatoms. The molecule has 5 nitrogen and oxygen atoms in total. The molecule has 3 rings (SSSR count). The van der Waals surface area contributed by atoms with Crippen LogP contribution in [-0.4, -0.2) is 27.1 Å². The highest BCUT2D eigenvalue weighted by atomic mass is 32.2. The molecule has 1 aliphatic rings. The lowest BCUT2D eigenvalue weighted by atomic mass is 10.2. The van der Waals surface area contributed by atoms with Crippen molar-refractivity contribution in [1.82, 2.24) is 14.8 Å². The number of hydrogen-bond donors (Lipinski definition) is 0. The van der Waals surface area contributed by atoms with Gasteiger partial charge in [0.1, 0.15) is 6.61 Å². The maximum Gasteiger partial charge on any atom is 0.192 e. The first-order chi connectivity index (χ1) is 10.1. The highest BCUT2D eigenvalue weighted by Gasteiger charge is 2.27. The van der Waals surface area contributed by atoms with Crippen LogP contribution in [-0.2, 0) is 7.05 Å². The van der Waals surface area contributed by atoms with Crippen LogP contribution in [0.3, 0.4) is 0 Å². The van der Waals surface area contributed by atoms with Crippen LogP contribution >= 0.6 is 11.8 Å². The molecule has 1 aromatic heterocycles. The lowest BCUT2D eigenvalue weighted by Gasteiger charge is -2.25. The molecule has 0 fully saturated rings. The topological polar surface area (TPSA) is 49.2 Å². The summed E-state index contributed by atoms with van der Waals surface area (Å²) in [6, 6.07) is 7.65. The van der Waals surface area contributed by atoms with Gasteiger partial charge in [-0.2, -0.15) is 0 Å². The molecule has 0 spiro atoms. The predicted molar refractivity (Wildman–Crippen MR) is 81.8 cm³/mol. The predicted octanol–water partition coefficient (Wildman–Crippen LogP) is 3.00. The average Bonchev–Trinajstić information content (AvgIpc) is 2.85. The van der Waals surface area contributed by atoms with Gasteiger partial charge in [-0.3, -0.25) is 0 Å². The summed E-state index contributed by atoms with van der Waals surface area (Å²) in [5, 5.41) is 9.32. The zero-order valence-electron chi connectivity index (χ0n) is 12.1. The largest absolute Gasteiger partial charge is 0.485 e. The fourth-order valence-electron chi connectivity index (χ4n) is 2.07. The first kappa shape index (κ1) is 14.0. The standard InChI is InChI=1S/C15H17N3O2S/c1-10(2)9-21-15-17-16-14(18(15)3)13-8-19-11-6-4-5-7-12(11)20-13/h4-7,13H,1,8-9H2,2-3H3. The average molecular weight is 303 g/mol. The van der Waals surface area contributed by atoms with Gasteiger partial charge in [-0.25, -0.2) is 0 Å². The van der Waals surface area contributed by atoms with Crippen molar-refractivity contribution < 1.29 is 9.47 Å². The van der Waals surface area contributed by atoms with E-state index in [1.807, 2.05) is 42.8 Å². The first-order valence-corrected chi connectivity index (χ1v) is 7.68. The van der Waals surface area contributed by atoms with Crippen molar-refractivity contribution in [1.29, 1.82) is 0 Å². The molecule has 1 atom stereocenters. The number of benzene rings is 1. The smallest absolute Gasteiger partial charge is 0.192 e. The van der Waals surface area contributed by atoms with E-state index < -0.39 is 0 Å². The van der Waals surface area contributed by atoms with Gasteiger partial charge in [-0.15, -0.1) is 10.2 Å². The van der Waals surface area contributed by atoms with Gasteiger partial charge in [-0.1, -0.05) is 36.0 Å². The van der Waals surface area contributed by atoms with E-state index in [1.165, 1.54) is 0 Å². The van der Waals surface area contributed by atoms with Crippen LogP contribution < -0.4 is 9.47 Å². The van der Waals surface area contributed by atoms with Crippen LogP contribution in [0.4, 0.5) is 0 Å². The summed E-state index contributed by atoms with van der Waals surface area (Å²) in [5.74, 6) is 3.12. The van der Waals surface area contributed by atoms with E-state index in [0.29, 0.717) is 6.61 Å². The molecule has 0 saturated carbocycles. The molecule has 0 N–H and O–H groups in total. The van der Waals surface area contributed by atoms with Crippen molar-refractivity contribution in [2.75, 3.05) is 12.4 Å². The number of aromatic nitrogens is 3. The lowest BCUT2D eigenvalue weighted by Crippen LogP contribution is -2.24. The van der Waals surface area contributed by atoms with Crippen molar-refractivity contribution in [3.8, 4) is 11.5 Å². The maximum atomic E-state index is 5.96. The van der Waals surface area contributed by atoms with Crippen molar-refractivity contribution in [3.63, 3.8) is 0 Å². The number of rotatable bonds is 4. The van der Waals surface area contributed by atoms with Gasteiger partial charge in [0.15, 0.2) is 28.6 Å². The third kappa shape index (κ3) is 2.90. The van der Waals surface area contributed by atoms with Crippen LogP contribution in [0.5, 0.6) is 11.5 Å². The zero-order valence-corrected chi connectivity index (χ0v) is 12.9. The summed E-state index contributed by atoms with van der Waals surface area (Å²) >= 11 is 1.62. The first-order valence-electron chi connectivity index (χ1n) is 6.70. The Balaban J connectivity index is 1.78. The summed E-state index contributed by atoms with van der Waals surface area (Å²) in [7, 11) is 1.94. The molecule has 0 saturated heterocycles. The van der Waals surface area contributed by atoms with Crippen LogP contribution in [0.2, 0.25) is 0 Å². The normalized spacial score (nSPS) is 16.8. The minimum atomic E-state index is -0.239. The number of fused-ring (bicyclic) bond motifs is 1. The number of ether oxygens (including phenoxy) is 2. The quantitative estimate of drug-likeness (QED) is 0.642. The Morgan fingerprint density at radius 1 is 1.38 bits per heavy atom. The van der Waals surface area contributed by atoms with E-state index in [0.717, 1.165) is 33.8 Å². The molecule has 1 unspecified atom stereocenters. The Kier molecular flexibility index (Phi) is 3.88. The zero-order chi connectivity index (χ0) is 14.8. The molecule has 0 bridgehead atoms. The summed E-state index contributed by atoms with van der Waals surface area (Å²) < 4.78 is 13.6. The van der Waals surface area contributed by atoms with E-state index in [4.69, 9.17) is 9.47 Å². The summed E-state index contributed by atoms with van der Waals surface area (Å²) in [4.78, 5) is 0. The van der Waals surface area contributed by atoms with E-state index in [9.17, 15) is 0 Å². The van der Waals surface area contributed by atoms with Crippen LogP contribution in [0, 0.1) is 0 Å². The van der Waals surface area contributed by atoms with Gasteiger partial charge in [0.2, 0.25) is 0 Å². The fraction of sp³-hybridized carbons (Fsp3) is 0.333. The third-order valence-electron chi connectivity index (χ3n) is 3.11. The van der Waals surface area contributed by atoms with Crippen LogP contribution in [0.15, 0.2) is 41.6 Å². The van der Waals surface area contributed by atoms with Crippen LogP contribution in [0.1, 0.15) is 18.9 Å². The molecule has 2 aromatic rings. The second-order valence-electron chi connectivity index (χ2n) is 5.01. The third-order valence-corrected chi connectivity index (χ3v) is 4.36. The molecular weight excluding hydrogens is 286 g/mol. The van der Waals surface area contributed by atoms with Crippen molar-refractivity contribution in [2.45, 2.75) is 18.2 Å². The number of nitrogens with zero attached hydrogens (tertiary/aromatic N) is 3. The molecule has 1 aliphatic heterocycles. The Morgan fingerprint density at radius 3 is 2.90 bits per heavy atom. The Morgan fingerprint density at radius 2 is 2.14 bits per heavy atom. The van der Waals surface area contributed by atoms with Gasteiger partial charge in [0, 0.05) is 12.8 Å². The summed E-state index contributed by atoms with van der Waals surface area (Å²) in [6.07, 6.45) is -0.239. The van der Waals surface area contributed by atoms with E-state index in [1.54, 1.807) is 11.8 Å². The number of para-hydroxylation sites is 2. The fourth-order valence-corrected chi connectivity index (χ4v) is 2.83. The molecule has 0 amide bonds. The molecule has 0 radical (unpaired) electrons. The summed E-state index contributed by atoms with van der Waals surface area (Å²) in [6.45, 7) is 6.34. The molecule has 2 heterocycles. The second kappa shape index (κ2) is 5.81. The Bertz CT molecular complexity index is 669. The van der Waals surface area contributed by atoms with E-state index in [2.05, 4.69) is 16.8 Å². The van der Waals surface area contributed by atoms with Gasteiger partial charge in [-0.05, 0) is 19.1 Å². The second-order valence-corrected chi connectivity index (χ2v) is 5.95. The summed E-state index contributed by atoms with van der Waals surface area (Å²) in [5.41, 5.74) is 1.11. The number of thioether (sulfide) groups is 1. The minimum absolute atomic E-state index is 0.239. The minimum Gasteiger partial charge on any atom is -0.485 e. The van der Waals surface area contributed by atoms with Gasteiger partial charge in [0.05, 0.1) is 0 Å². The Hall–Kier alpha value is -1.95. The Labute approximate surface area is 128 Å². The molecule has 1 aromatic carbocycles. The monoisotopic (exact) mass is 303 g/mol. The number of hydrogen-bond acceptors (Lipinski definition) is 5. The van der Waals surface area contributed by atoms with Gasteiger partial charge < -0.3 is 14.0 Å². The molecular formula is C15H17N3O2S. The highest BCUT2D eigenvalue weighted by molar-refractivity contribution is 7.99. The molecule has 21 heavy (non-hydrogen) atoms. The molecule has 0 aliphatic carbocycles. The van der Waals surface area contributed by atoms with Crippen molar-refractivity contribution >= 4 is 11.8 Å². The highest BCUT2D eigenvalue weighted by Crippen LogP contribution is 2.35. The van der Waals surface area contributed by atoms with E-state index >= 15 is 0 Å². The van der Waals surface area contributed by atoms with Crippen molar-refractivity contribution in [3.05, 3.63) is 42.2 Å². The lowest BCUT2D eigenvalue weighted by molar-refractivity contribution is 0.0825.